The van der Waals surface area contributed by atoms with E-state index in [4.69, 9.17) is 0 Å². The number of amides is 2. The summed E-state index contributed by atoms with van der Waals surface area (Å²) >= 11 is 0. The lowest BCUT2D eigenvalue weighted by atomic mass is 10.1. The Balaban J connectivity index is 1.69. The van der Waals surface area contributed by atoms with E-state index in [1.165, 1.54) is 5.56 Å². The van der Waals surface area contributed by atoms with E-state index in [9.17, 15) is 9.59 Å². The molecule has 2 heterocycles. The molecule has 138 valence electrons. The van der Waals surface area contributed by atoms with Crippen molar-refractivity contribution >= 4 is 17.3 Å². The number of imidazole rings is 1. The van der Waals surface area contributed by atoms with E-state index in [1.807, 2.05) is 24.3 Å². The number of aryl methyl sites for hydroxylation is 1. The lowest BCUT2D eigenvalue weighted by molar-refractivity contribution is 0.0946. The average Bonchev–Trinajstić information content (AvgIpc) is 3.10. The zero-order valence-corrected chi connectivity index (χ0v) is 15.0. The molecule has 0 atom stereocenters. The van der Waals surface area contributed by atoms with Gasteiger partial charge in [-0.1, -0.05) is 42.5 Å². The molecule has 0 aliphatic heterocycles. The second-order valence-electron chi connectivity index (χ2n) is 6.08. The summed E-state index contributed by atoms with van der Waals surface area (Å²) in [6.07, 6.45) is 5.03. The molecule has 0 saturated carbocycles. The topological polar surface area (TPSA) is 75.5 Å². The summed E-state index contributed by atoms with van der Waals surface area (Å²) < 4.78 is 1.62. The lowest BCUT2D eigenvalue weighted by Crippen LogP contribution is -2.26. The first-order valence-electron chi connectivity index (χ1n) is 8.89. The lowest BCUT2D eigenvalue weighted by Gasteiger charge is -2.04. The Morgan fingerprint density at radius 2 is 1.81 bits per heavy atom. The molecule has 27 heavy (non-hydrogen) atoms. The highest BCUT2D eigenvalue weighted by molar-refractivity contribution is 6.02. The van der Waals surface area contributed by atoms with E-state index in [-0.39, 0.29) is 23.3 Å². The van der Waals surface area contributed by atoms with Gasteiger partial charge in [-0.2, -0.15) is 0 Å². The van der Waals surface area contributed by atoms with Crippen LogP contribution in [0.15, 0.2) is 67.4 Å². The van der Waals surface area contributed by atoms with Crippen LogP contribution in [0.2, 0.25) is 0 Å². The van der Waals surface area contributed by atoms with Gasteiger partial charge in [-0.05, 0) is 30.5 Å². The number of nitrogens with one attached hydrogen (secondary N) is 2. The molecule has 0 unspecified atom stereocenters. The van der Waals surface area contributed by atoms with Crippen LogP contribution in [0.1, 0.15) is 33.1 Å². The molecule has 2 aromatic heterocycles. The minimum absolute atomic E-state index is 0.182. The van der Waals surface area contributed by atoms with Gasteiger partial charge in [0.25, 0.3) is 11.8 Å². The molecule has 0 aliphatic carbocycles. The maximum absolute atomic E-state index is 12.6. The number of nitrogens with zero attached hydrogens (tertiary/aromatic N) is 2. The second kappa shape index (κ2) is 8.80. The fourth-order valence-electron chi connectivity index (χ4n) is 2.83. The Labute approximate surface area is 157 Å². The van der Waals surface area contributed by atoms with E-state index in [0.717, 1.165) is 12.8 Å². The van der Waals surface area contributed by atoms with Crippen LogP contribution in [0.3, 0.4) is 0 Å². The molecule has 0 radical (unpaired) electrons. The van der Waals surface area contributed by atoms with Crippen molar-refractivity contribution in [1.29, 1.82) is 0 Å². The van der Waals surface area contributed by atoms with Crippen molar-refractivity contribution in [3.05, 3.63) is 84.5 Å². The molecule has 3 aromatic rings. The molecule has 1 aromatic carbocycles. The van der Waals surface area contributed by atoms with Crippen molar-refractivity contribution in [2.24, 2.45) is 0 Å². The highest BCUT2D eigenvalue weighted by Crippen LogP contribution is 2.13. The third kappa shape index (κ3) is 4.41. The predicted molar refractivity (Wildman–Crippen MR) is 105 cm³/mol. The number of pyridine rings is 1. The first kappa shape index (κ1) is 18.4. The van der Waals surface area contributed by atoms with Gasteiger partial charge in [-0.15, -0.1) is 6.58 Å². The molecule has 2 N–H and O–H groups in total. The maximum Gasteiger partial charge on any atom is 0.287 e. The fraction of sp³-hybridized carbons (Fsp3) is 0.190. The molecule has 0 saturated heterocycles. The predicted octanol–water partition coefficient (Wildman–Crippen LogP) is 2.61. The van der Waals surface area contributed by atoms with Crippen molar-refractivity contribution in [2.75, 3.05) is 13.1 Å². The van der Waals surface area contributed by atoms with E-state index < -0.39 is 0 Å². The zero-order valence-electron chi connectivity index (χ0n) is 15.0. The standard InChI is InChI=1S/C21H22N4O2/c1-2-13-22-21(27)19-24-18(17-12-6-7-15-25(17)19)20(26)23-14-8-11-16-9-4-3-5-10-16/h2-7,9-10,12,15H,1,8,11,13-14H2,(H,22,27)(H,23,26). The van der Waals surface area contributed by atoms with E-state index >= 15 is 0 Å². The SMILES string of the molecule is C=CCNC(=O)c1nc(C(=O)NCCCc2ccccc2)c2ccccn12. The molecule has 3 rings (SSSR count). The normalized spacial score (nSPS) is 10.5. The van der Waals surface area contributed by atoms with Gasteiger partial charge in [0.1, 0.15) is 0 Å². The van der Waals surface area contributed by atoms with Gasteiger partial charge < -0.3 is 10.6 Å². The highest BCUT2D eigenvalue weighted by Gasteiger charge is 2.20. The number of carbonyl (C=O) groups excluding carboxylic acids is 2. The third-order valence-electron chi connectivity index (χ3n) is 4.14. The summed E-state index contributed by atoms with van der Waals surface area (Å²) in [4.78, 5) is 29.2. The average molecular weight is 362 g/mol. The van der Waals surface area contributed by atoms with Crippen LogP contribution in [-0.4, -0.2) is 34.3 Å². The van der Waals surface area contributed by atoms with Crippen LogP contribution in [0.4, 0.5) is 0 Å². The first-order valence-corrected chi connectivity index (χ1v) is 8.89. The molecule has 0 fully saturated rings. The highest BCUT2D eigenvalue weighted by atomic mass is 16.2. The second-order valence-corrected chi connectivity index (χ2v) is 6.08. The quantitative estimate of drug-likeness (QED) is 0.478. The molecule has 0 spiro atoms. The van der Waals surface area contributed by atoms with Gasteiger partial charge in [0.05, 0.1) is 5.52 Å². The summed E-state index contributed by atoms with van der Waals surface area (Å²) in [6.45, 7) is 4.45. The number of carbonyl (C=O) groups is 2. The minimum Gasteiger partial charge on any atom is -0.351 e. The van der Waals surface area contributed by atoms with Crippen LogP contribution in [0.5, 0.6) is 0 Å². The summed E-state index contributed by atoms with van der Waals surface area (Å²) in [5, 5.41) is 5.59. The maximum atomic E-state index is 12.6. The van der Waals surface area contributed by atoms with Crippen molar-refractivity contribution in [2.45, 2.75) is 12.8 Å². The van der Waals surface area contributed by atoms with Gasteiger partial charge in [-0.25, -0.2) is 4.98 Å². The van der Waals surface area contributed by atoms with E-state index in [1.54, 1.807) is 28.8 Å². The third-order valence-corrected chi connectivity index (χ3v) is 4.14. The Hall–Kier alpha value is -3.41. The number of hydrogen-bond donors (Lipinski definition) is 2. The molecule has 2 amide bonds. The minimum atomic E-state index is -0.348. The Morgan fingerprint density at radius 3 is 2.59 bits per heavy atom. The van der Waals surface area contributed by atoms with Crippen molar-refractivity contribution in [3.63, 3.8) is 0 Å². The number of fused-ring (bicyclic) bond motifs is 1. The monoisotopic (exact) mass is 362 g/mol. The molecule has 0 bridgehead atoms. The summed E-state index contributed by atoms with van der Waals surface area (Å²) in [6, 6.07) is 15.5. The van der Waals surface area contributed by atoms with Crippen LogP contribution in [0, 0.1) is 0 Å². The summed E-state index contributed by atoms with van der Waals surface area (Å²) in [5.41, 5.74) is 2.08. The van der Waals surface area contributed by atoms with Crippen LogP contribution < -0.4 is 10.6 Å². The van der Waals surface area contributed by atoms with Crippen molar-refractivity contribution in [1.82, 2.24) is 20.0 Å². The van der Waals surface area contributed by atoms with Crippen molar-refractivity contribution < 1.29 is 9.59 Å². The van der Waals surface area contributed by atoms with Gasteiger partial charge in [0.2, 0.25) is 5.82 Å². The zero-order chi connectivity index (χ0) is 19.1. The number of hydrogen-bond acceptors (Lipinski definition) is 3. The van der Waals surface area contributed by atoms with Gasteiger partial charge in [0.15, 0.2) is 5.69 Å². The Kier molecular flexibility index (Phi) is 5.99. The van der Waals surface area contributed by atoms with Crippen molar-refractivity contribution in [3.8, 4) is 0 Å². The Bertz CT molecular complexity index is 947. The molecule has 6 nitrogen and oxygen atoms in total. The number of aromatic nitrogens is 2. The molecule has 0 aliphatic rings. The van der Waals surface area contributed by atoms with Gasteiger partial charge in [0, 0.05) is 19.3 Å². The largest absolute Gasteiger partial charge is 0.351 e. The molecule has 6 heteroatoms. The van der Waals surface area contributed by atoms with Crippen LogP contribution in [0.25, 0.3) is 5.52 Å². The number of benzene rings is 1. The van der Waals surface area contributed by atoms with Crippen LogP contribution in [-0.2, 0) is 6.42 Å². The van der Waals surface area contributed by atoms with Crippen LogP contribution >= 0.6 is 0 Å². The summed E-state index contributed by atoms with van der Waals surface area (Å²) in [7, 11) is 0. The molecular weight excluding hydrogens is 340 g/mol. The molecular formula is C21H22N4O2. The van der Waals surface area contributed by atoms with Gasteiger partial charge >= 0.3 is 0 Å². The van der Waals surface area contributed by atoms with Gasteiger partial charge in [-0.3, -0.25) is 14.0 Å². The van der Waals surface area contributed by atoms with E-state index in [2.05, 4.69) is 34.3 Å². The smallest absolute Gasteiger partial charge is 0.287 e. The summed E-state index contributed by atoms with van der Waals surface area (Å²) in [5.74, 6) is -0.448. The first-order chi connectivity index (χ1) is 13.2. The fourth-order valence-corrected chi connectivity index (χ4v) is 2.83. The van der Waals surface area contributed by atoms with E-state index in [0.29, 0.717) is 18.6 Å². The number of rotatable bonds is 8. The Morgan fingerprint density at radius 1 is 1.04 bits per heavy atom.